The maximum Gasteiger partial charge on any atom is 0.354 e. The van der Waals surface area contributed by atoms with Gasteiger partial charge in [0.15, 0.2) is 0 Å². The molecule has 8 nitrogen and oxygen atoms in total. The van der Waals surface area contributed by atoms with Crippen molar-refractivity contribution in [2.75, 3.05) is 19.0 Å². The van der Waals surface area contributed by atoms with Crippen molar-refractivity contribution in [2.45, 2.75) is 25.2 Å². The molecule has 2 aromatic rings. The first-order chi connectivity index (χ1) is 12.6. The van der Waals surface area contributed by atoms with Crippen LogP contribution in [0.1, 0.15) is 28.0 Å². The maximum atomic E-state index is 12.3. The van der Waals surface area contributed by atoms with Gasteiger partial charge in [0, 0.05) is 31.9 Å². The molecular weight excluding hydrogens is 370 g/mol. The number of nitrogens with zero attached hydrogens (tertiary/aromatic N) is 1. The Labute approximate surface area is 158 Å². The smallest absolute Gasteiger partial charge is 0.354 e. The van der Waals surface area contributed by atoms with E-state index in [2.05, 4.69) is 14.8 Å². The van der Waals surface area contributed by atoms with Gasteiger partial charge in [0.1, 0.15) is 10.6 Å². The Balaban J connectivity index is 1.94. The number of ether oxygens (including phenoxy) is 1. The van der Waals surface area contributed by atoms with E-state index < -0.39 is 16.0 Å². The summed E-state index contributed by atoms with van der Waals surface area (Å²) in [6, 6.07) is 6.78. The number of aromatic nitrogens is 1. The van der Waals surface area contributed by atoms with E-state index in [1.165, 1.54) is 23.9 Å². The molecule has 1 amide bonds. The SMILES string of the molecule is COC(=O)c1cc(S(=O)(=O)NCCC(=O)Nc2ccc(C)c(C)c2)cn1C. The van der Waals surface area contributed by atoms with E-state index in [-0.39, 0.29) is 29.5 Å². The molecule has 1 heterocycles. The minimum atomic E-state index is -3.84. The predicted octanol–water partition coefficient (Wildman–Crippen LogP) is 1.74. The molecule has 0 aliphatic heterocycles. The van der Waals surface area contributed by atoms with E-state index in [1.807, 2.05) is 26.0 Å². The van der Waals surface area contributed by atoms with E-state index >= 15 is 0 Å². The van der Waals surface area contributed by atoms with E-state index in [1.54, 1.807) is 13.1 Å². The van der Waals surface area contributed by atoms with E-state index in [4.69, 9.17) is 0 Å². The van der Waals surface area contributed by atoms with Crippen LogP contribution in [0.15, 0.2) is 35.4 Å². The first-order valence-corrected chi connectivity index (χ1v) is 9.74. The number of amides is 1. The van der Waals surface area contributed by atoms with Crippen molar-refractivity contribution in [1.82, 2.24) is 9.29 Å². The summed E-state index contributed by atoms with van der Waals surface area (Å²) in [7, 11) is -1.08. The van der Waals surface area contributed by atoms with E-state index in [0.717, 1.165) is 11.1 Å². The zero-order valence-electron chi connectivity index (χ0n) is 15.7. The molecule has 0 aliphatic carbocycles. The highest BCUT2D eigenvalue weighted by Gasteiger charge is 2.20. The number of sulfonamides is 1. The number of carbonyl (C=O) groups excluding carboxylic acids is 2. The molecule has 2 rings (SSSR count). The monoisotopic (exact) mass is 393 g/mol. The van der Waals surface area contributed by atoms with Gasteiger partial charge in [-0.05, 0) is 43.2 Å². The van der Waals surface area contributed by atoms with Gasteiger partial charge < -0.3 is 14.6 Å². The van der Waals surface area contributed by atoms with Crippen LogP contribution in [-0.4, -0.2) is 38.5 Å². The molecule has 0 radical (unpaired) electrons. The molecule has 0 atom stereocenters. The quantitative estimate of drug-likeness (QED) is 0.697. The molecule has 146 valence electrons. The molecule has 27 heavy (non-hydrogen) atoms. The average Bonchev–Trinajstić information content (AvgIpc) is 3.00. The minimum Gasteiger partial charge on any atom is -0.464 e. The van der Waals surface area contributed by atoms with Crippen molar-refractivity contribution in [2.24, 2.45) is 7.05 Å². The van der Waals surface area contributed by atoms with Crippen molar-refractivity contribution in [1.29, 1.82) is 0 Å². The fourth-order valence-electron chi connectivity index (χ4n) is 2.41. The van der Waals surface area contributed by atoms with Crippen molar-refractivity contribution in [3.8, 4) is 0 Å². The van der Waals surface area contributed by atoms with Crippen LogP contribution in [0.4, 0.5) is 5.69 Å². The Morgan fingerprint density at radius 3 is 2.48 bits per heavy atom. The van der Waals surface area contributed by atoms with E-state index in [9.17, 15) is 18.0 Å². The second-order valence-electron chi connectivity index (χ2n) is 6.16. The zero-order chi connectivity index (χ0) is 20.2. The molecule has 0 saturated carbocycles. The maximum absolute atomic E-state index is 12.3. The number of hydrogen-bond acceptors (Lipinski definition) is 5. The third-order valence-electron chi connectivity index (χ3n) is 4.12. The molecule has 1 aromatic heterocycles. The van der Waals surface area contributed by atoms with Crippen LogP contribution in [0.5, 0.6) is 0 Å². The first kappa shape index (κ1) is 20.7. The molecule has 0 unspecified atom stereocenters. The third-order valence-corrected chi connectivity index (χ3v) is 5.55. The largest absolute Gasteiger partial charge is 0.464 e. The van der Waals surface area contributed by atoms with Gasteiger partial charge in [0.25, 0.3) is 0 Å². The minimum absolute atomic E-state index is 0.0250. The number of aryl methyl sites for hydroxylation is 3. The Hall–Kier alpha value is -2.65. The Morgan fingerprint density at radius 1 is 1.15 bits per heavy atom. The number of anilines is 1. The molecule has 1 aromatic carbocycles. The van der Waals surface area contributed by atoms with Crippen LogP contribution in [0.25, 0.3) is 0 Å². The van der Waals surface area contributed by atoms with Crippen LogP contribution in [0, 0.1) is 13.8 Å². The number of carbonyl (C=O) groups is 2. The molecule has 2 N–H and O–H groups in total. The van der Waals surface area contributed by atoms with Crippen LogP contribution in [-0.2, 0) is 26.6 Å². The highest BCUT2D eigenvalue weighted by atomic mass is 32.2. The molecule has 0 fully saturated rings. The van der Waals surface area contributed by atoms with Gasteiger partial charge in [-0.25, -0.2) is 17.9 Å². The normalized spacial score (nSPS) is 11.3. The van der Waals surface area contributed by atoms with Crippen LogP contribution < -0.4 is 10.0 Å². The summed E-state index contributed by atoms with van der Waals surface area (Å²) < 4.78 is 33.0. The van der Waals surface area contributed by atoms with Crippen molar-refractivity contribution >= 4 is 27.6 Å². The van der Waals surface area contributed by atoms with E-state index in [0.29, 0.717) is 5.69 Å². The number of nitrogens with one attached hydrogen (secondary N) is 2. The zero-order valence-corrected chi connectivity index (χ0v) is 16.5. The van der Waals surface area contributed by atoms with Gasteiger partial charge in [0.2, 0.25) is 15.9 Å². The summed E-state index contributed by atoms with van der Waals surface area (Å²) in [5, 5.41) is 2.73. The summed E-state index contributed by atoms with van der Waals surface area (Å²) in [4.78, 5) is 23.5. The number of rotatable bonds is 7. The first-order valence-electron chi connectivity index (χ1n) is 8.25. The molecule has 0 spiro atoms. The van der Waals surface area contributed by atoms with Gasteiger partial charge in [0.05, 0.1) is 7.11 Å². The fraction of sp³-hybridized carbons (Fsp3) is 0.333. The Morgan fingerprint density at radius 2 is 1.85 bits per heavy atom. The van der Waals surface area contributed by atoms with Gasteiger partial charge in [-0.3, -0.25) is 4.79 Å². The van der Waals surface area contributed by atoms with Gasteiger partial charge in [-0.2, -0.15) is 0 Å². The topological polar surface area (TPSA) is 106 Å². The van der Waals surface area contributed by atoms with Crippen molar-refractivity contribution in [3.63, 3.8) is 0 Å². The molecule has 0 saturated heterocycles. The van der Waals surface area contributed by atoms with Crippen molar-refractivity contribution < 1.29 is 22.7 Å². The summed E-state index contributed by atoms with van der Waals surface area (Å²) in [5.41, 5.74) is 2.95. The highest BCUT2D eigenvalue weighted by Crippen LogP contribution is 2.15. The summed E-state index contributed by atoms with van der Waals surface area (Å²) in [6.07, 6.45) is 1.28. The average molecular weight is 393 g/mol. The van der Waals surface area contributed by atoms with Gasteiger partial charge >= 0.3 is 5.97 Å². The second-order valence-corrected chi connectivity index (χ2v) is 7.93. The summed E-state index contributed by atoms with van der Waals surface area (Å²) in [6.45, 7) is 3.86. The van der Waals surface area contributed by atoms with Gasteiger partial charge in [-0.15, -0.1) is 0 Å². The number of esters is 1. The van der Waals surface area contributed by atoms with Crippen LogP contribution in [0.3, 0.4) is 0 Å². The Bertz CT molecular complexity index is 963. The lowest BCUT2D eigenvalue weighted by Crippen LogP contribution is -2.27. The fourth-order valence-corrected chi connectivity index (χ4v) is 3.51. The standard InChI is InChI=1S/C18H23N3O5S/c1-12-5-6-14(9-13(12)2)20-17(22)7-8-19-27(24,25)15-10-16(18(23)26-4)21(3)11-15/h5-6,9-11,19H,7-8H2,1-4H3,(H,20,22). The molecule has 9 heteroatoms. The lowest BCUT2D eigenvalue weighted by molar-refractivity contribution is -0.116. The Kier molecular flexibility index (Phi) is 6.40. The van der Waals surface area contributed by atoms with Crippen molar-refractivity contribution in [3.05, 3.63) is 47.3 Å². The molecule has 0 bridgehead atoms. The molecule has 0 aliphatic rings. The lowest BCUT2D eigenvalue weighted by Gasteiger charge is -2.08. The van der Waals surface area contributed by atoms with Crippen LogP contribution in [0.2, 0.25) is 0 Å². The highest BCUT2D eigenvalue weighted by molar-refractivity contribution is 7.89. The second kappa shape index (κ2) is 8.36. The predicted molar refractivity (Wildman–Crippen MR) is 101 cm³/mol. The summed E-state index contributed by atoms with van der Waals surface area (Å²) in [5.74, 6) is -0.934. The lowest BCUT2D eigenvalue weighted by atomic mass is 10.1. The van der Waals surface area contributed by atoms with Gasteiger partial charge in [-0.1, -0.05) is 6.07 Å². The number of benzene rings is 1. The number of hydrogen-bond donors (Lipinski definition) is 2. The molecular formula is C18H23N3O5S. The summed E-state index contributed by atoms with van der Waals surface area (Å²) >= 11 is 0. The third kappa shape index (κ3) is 5.18. The number of methoxy groups -OCH3 is 1. The van der Waals surface area contributed by atoms with Crippen LogP contribution >= 0.6 is 0 Å².